The molecular formula is C23H30N4O3. The molecule has 1 amide bonds. The predicted molar refractivity (Wildman–Crippen MR) is 119 cm³/mol. The first kappa shape index (κ1) is 20.6. The molecule has 0 aliphatic carbocycles. The van der Waals surface area contributed by atoms with E-state index < -0.39 is 0 Å². The first-order chi connectivity index (χ1) is 14.6. The van der Waals surface area contributed by atoms with Crippen LogP contribution in [0.15, 0.2) is 35.3 Å². The zero-order valence-corrected chi connectivity index (χ0v) is 18.0. The summed E-state index contributed by atoms with van der Waals surface area (Å²) in [4.78, 5) is 28.9. The third-order valence-electron chi connectivity index (χ3n) is 6.31. The molecule has 7 nitrogen and oxygen atoms in total. The standard InChI is InChI=1S/C23H30N4O3/c1-4-26-11-7-8-16(26)14-24-22(28)18-15-27(12-13-30-3)23(29)21-20(18)17-9-5-6-10-19(17)25(21)2/h5-6,9-10,15-16H,4,7-8,11-14H2,1-3H3,(H,24,28). The number of methoxy groups -OCH3 is 1. The molecule has 1 aliphatic heterocycles. The largest absolute Gasteiger partial charge is 0.383 e. The summed E-state index contributed by atoms with van der Waals surface area (Å²) < 4.78 is 8.65. The van der Waals surface area contributed by atoms with Gasteiger partial charge in [-0.3, -0.25) is 14.5 Å². The summed E-state index contributed by atoms with van der Waals surface area (Å²) in [6.07, 6.45) is 3.96. The van der Waals surface area contributed by atoms with Gasteiger partial charge in [0.15, 0.2) is 0 Å². The van der Waals surface area contributed by atoms with Gasteiger partial charge in [0, 0.05) is 55.8 Å². The highest BCUT2D eigenvalue weighted by Crippen LogP contribution is 2.29. The molecule has 1 aliphatic rings. The number of ether oxygens (including phenoxy) is 1. The van der Waals surface area contributed by atoms with Crippen LogP contribution in [0.25, 0.3) is 21.8 Å². The molecule has 3 heterocycles. The highest BCUT2D eigenvalue weighted by atomic mass is 16.5. The molecule has 30 heavy (non-hydrogen) atoms. The van der Waals surface area contributed by atoms with Gasteiger partial charge in [0.25, 0.3) is 11.5 Å². The van der Waals surface area contributed by atoms with E-state index in [4.69, 9.17) is 4.74 Å². The molecule has 7 heteroatoms. The number of nitrogens with one attached hydrogen (secondary N) is 1. The molecule has 1 aromatic carbocycles. The molecule has 0 spiro atoms. The first-order valence-electron chi connectivity index (χ1n) is 10.7. The van der Waals surface area contributed by atoms with Crippen molar-refractivity contribution in [2.75, 3.05) is 33.4 Å². The maximum absolute atomic E-state index is 13.3. The number of pyridine rings is 1. The fourth-order valence-electron chi connectivity index (χ4n) is 4.71. The van der Waals surface area contributed by atoms with Gasteiger partial charge in [-0.05, 0) is 32.0 Å². The molecule has 1 saturated heterocycles. The summed E-state index contributed by atoms with van der Waals surface area (Å²) in [5.74, 6) is -0.134. The Morgan fingerprint density at radius 3 is 2.87 bits per heavy atom. The Bertz CT molecular complexity index is 1130. The van der Waals surface area contributed by atoms with Crippen molar-refractivity contribution in [3.8, 4) is 0 Å². The number of hydrogen-bond acceptors (Lipinski definition) is 4. The molecule has 4 rings (SSSR count). The quantitative estimate of drug-likeness (QED) is 0.649. The van der Waals surface area contributed by atoms with Crippen molar-refractivity contribution in [2.24, 2.45) is 7.05 Å². The number of nitrogens with zero attached hydrogens (tertiary/aromatic N) is 3. The van der Waals surface area contributed by atoms with Gasteiger partial charge in [-0.1, -0.05) is 25.1 Å². The van der Waals surface area contributed by atoms with Crippen LogP contribution < -0.4 is 10.9 Å². The fraction of sp³-hybridized carbons (Fsp3) is 0.478. The van der Waals surface area contributed by atoms with E-state index in [-0.39, 0.29) is 11.5 Å². The molecule has 1 unspecified atom stereocenters. The van der Waals surface area contributed by atoms with E-state index in [0.29, 0.717) is 36.8 Å². The first-order valence-corrected chi connectivity index (χ1v) is 10.7. The zero-order valence-electron chi connectivity index (χ0n) is 18.0. The number of aryl methyl sites for hydroxylation is 1. The summed E-state index contributed by atoms with van der Waals surface area (Å²) in [5.41, 5.74) is 1.93. The lowest BCUT2D eigenvalue weighted by Crippen LogP contribution is -2.40. The molecule has 0 bridgehead atoms. The lowest BCUT2D eigenvalue weighted by molar-refractivity contribution is 0.0942. The fourth-order valence-corrected chi connectivity index (χ4v) is 4.71. The number of aromatic nitrogens is 2. The SMILES string of the molecule is CCN1CCCC1CNC(=O)c1cn(CCOC)c(=O)c2c1c1ccccc1n2C. The number of likely N-dealkylation sites (N-methyl/N-ethyl adjacent to an activating group) is 1. The smallest absolute Gasteiger partial charge is 0.275 e. The molecule has 3 aromatic rings. The number of hydrogen-bond donors (Lipinski definition) is 1. The Morgan fingerprint density at radius 2 is 2.10 bits per heavy atom. The summed E-state index contributed by atoms with van der Waals surface area (Å²) >= 11 is 0. The van der Waals surface area contributed by atoms with Gasteiger partial charge >= 0.3 is 0 Å². The van der Waals surface area contributed by atoms with Crippen LogP contribution in [0.3, 0.4) is 0 Å². The lowest BCUT2D eigenvalue weighted by Gasteiger charge is -2.23. The monoisotopic (exact) mass is 410 g/mol. The van der Waals surface area contributed by atoms with Crippen LogP contribution in [-0.4, -0.2) is 59.3 Å². The van der Waals surface area contributed by atoms with Crippen molar-refractivity contribution in [3.05, 3.63) is 46.4 Å². The van der Waals surface area contributed by atoms with E-state index in [2.05, 4.69) is 17.1 Å². The van der Waals surface area contributed by atoms with Crippen LogP contribution in [0.4, 0.5) is 0 Å². The number of carbonyl (C=O) groups is 1. The molecule has 1 fully saturated rings. The van der Waals surface area contributed by atoms with Crippen LogP contribution in [0, 0.1) is 0 Å². The second-order valence-electron chi connectivity index (χ2n) is 7.97. The molecule has 0 saturated carbocycles. The third kappa shape index (κ3) is 3.52. The number of likely N-dealkylation sites (tertiary alicyclic amines) is 1. The van der Waals surface area contributed by atoms with Crippen molar-refractivity contribution in [3.63, 3.8) is 0 Å². The number of benzene rings is 1. The van der Waals surface area contributed by atoms with Gasteiger partial charge < -0.3 is 19.2 Å². The number of carbonyl (C=O) groups excluding carboxylic acids is 1. The average Bonchev–Trinajstić information content (AvgIpc) is 3.34. The highest BCUT2D eigenvalue weighted by molar-refractivity contribution is 6.17. The Kier molecular flexibility index (Phi) is 5.92. The van der Waals surface area contributed by atoms with E-state index in [9.17, 15) is 9.59 Å². The molecular weight excluding hydrogens is 380 g/mol. The van der Waals surface area contributed by atoms with E-state index in [1.165, 1.54) is 6.42 Å². The summed E-state index contributed by atoms with van der Waals surface area (Å²) in [6.45, 7) is 5.67. The van der Waals surface area contributed by atoms with Gasteiger partial charge in [0.1, 0.15) is 5.52 Å². The van der Waals surface area contributed by atoms with Gasteiger partial charge in [-0.2, -0.15) is 0 Å². The Labute approximate surface area is 176 Å². The third-order valence-corrected chi connectivity index (χ3v) is 6.31. The summed E-state index contributed by atoms with van der Waals surface area (Å²) in [6, 6.07) is 8.22. The van der Waals surface area contributed by atoms with Gasteiger partial charge in [0.05, 0.1) is 12.2 Å². The zero-order chi connectivity index (χ0) is 21.3. The van der Waals surface area contributed by atoms with Crippen molar-refractivity contribution < 1.29 is 9.53 Å². The van der Waals surface area contributed by atoms with Gasteiger partial charge in [-0.15, -0.1) is 0 Å². The molecule has 160 valence electrons. The minimum absolute atomic E-state index is 0.106. The maximum atomic E-state index is 13.3. The van der Waals surface area contributed by atoms with Crippen LogP contribution in [0.1, 0.15) is 30.1 Å². The Hall–Kier alpha value is -2.64. The van der Waals surface area contributed by atoms with E-state index in [0.717, 1.165) is 35.8 Å². The van der Waals surface area contributed by atoms with E-state index in [1.54, 1.807) is 17.9 Å². The van der Waals surface area contributed by atoms with E-state index in [1.807, 2.05) is 35.9 Å². The van der Waals surface area contributed by atoms with Gasteiger partial charge in [0.2, 0.25) is 0 Å². The molecule has 1 N–H and O–H groups in total. The number of rotatable bonds is 7. The Morgan fingerprint density at radius 1 is 1.30 bits per heavy atom. The number of fused-ring (bicyclic) bond motifs is 3. The van der Waals surface area contributed by atoms with Crippen molar-refractivity contribution >= 4 is 27.7 Å². The Balaban J connectivity index is 1.79. The predicted octanol–water partition coefficient (Wildman–Crippen LogP) is 2.35. The highest BCUT2D eigenvalue weighted by Gasteiger charge is 2.25. The van der Waals surface area contributed by atoms with Crippen molar-refractivity contribution in [1.29, 1.82) is 0 Å². The number of amides is 1. The molecule has 1 atom stereocenters. The average molecular weight is 411 g/mol. The topological polar surface area (TPSA) is 68.5 Å². The van der Waals surface area contributed by atoms with E-state index >= 15 is 0 Å². The number of para-hydroxylation sites is 1. The summed E-state index contributed by atoms with van der Waals surface area (Å²) in [5, 5.41) is 4.79. The van der Waals surface area contributed by atoms with Crippen molar-refractivity contribution in [2.45, 2.75) is 32.4 Å². The van der Waals surface area contributed by atoms with Crippen LogP contribution >= 0.6 is 0 Å². The van der Waals surface area contributed by atoms with Crippen LogP contribution in [0.2, 0.25) is 0 Å². The molecule has 0 radical (unpaired) electrons. The second-order valence-corrected chi connectivity index (χ2v) is 7.97. The minimum Gasteiger partial charge on any atom is -0.383 e. The normalized spacial score (nSPS) is 17.2. The maximum Gasteiger partial charge on any atom is 0.275 e. The molecule has 2 aromatic heterocycles. The van der Waals surface area contributed by atoms with Gasteiger partial charge in [-0.25, -0.2) is 0 Å². The van der Waals surface area contributed by atoms with Crippen LogP contribution in [-0.2, 0) is 18.3 Å². The second kappa shape index (κ2) is 8.62. The summed E-state index contributed by atoms with van der Waals surface area (Å²) in [7, 11) is 3.49. The minimum atomic E-state index is -0.134. The van der Waals surface area contributed by atoms with Crippen LogP contribution in [0.5, 0.6) is 0 Å². The lowest BCUT2D eigenvalue weighted by atomic mass is 10.1. The van der Waals surface area contributed by atoms with Crippen molar-refractivity contribution in [1.82, 2.24) is 19.4 Å².